The quantitative estimate of drug-likeness (QED) is 0.0216. The van der Waals surface area contributed by atoms with E-state index < -0.39 is 13.9 Å². The number of carbonyl (C=O) groups excluding carboxylic acids is 1. The number of esters is 1. The van der Waals surface area contributed by atoms with Crippen LogP contribution in [-0.2, 0) is 27.9 Å². The fourth-order valence-electron chi connectivity index (χ4n) is 6.41. The number of ether oxygens (including phenoxy) is 2. The van der Waals surface area contributed by atoms with Gasteiger partial charge in [-0.2, -0.15) is 0 Å². The van der Waals surface area contributed by atoms with Crippen LogP contribution in [0.2, 0.25) is 0 Å². The molecule has 0 aromatic rings. The van der Waals surface area contributed by atoms with Gasteiger partial charge in [-0.05, 0) is 44.9 Å². The van der Waals surface area contributed by atoms with Crippen molar-refractivity contribution >= 4 is 13.8 Å². The van der Waals surface area contributed by atoms with E-state index in [9.17, 15) is 14.3 Å². The van der Waals surface area contributed by atoms with Crippen LogP contribution >= 0.6 is 7.82 Å². The SMILES string of the molecule is CCCCC/C=C\C/C=C\CCCCCCCCCCOCC(COP(=O)(O)OCC[N+](C)(C)C)OC(=O)CCCCCCCCCCCCCCCCC. The molecular formula is C46H91NO7P+. The maximum Gasteiger partial charge on any atom is 0.472 e. The minimum Gasteiger partial charge on any atom is -0.457 e. The molecule has 0 aromatic heterocycles. The van der Waals surface area contributed by atoms with E-state index in [-0.39, 0.29) is 25.8 Å². The summed E-state index contributed by atoms with van der Waals surface area (Å²) in [6.07, 6.45) is 44.9. The second kappa shape index (κ2) is 39.8. The highest BCUT2D eigenvalue weighted by atomic mass is 31.2. The molecule has 8 nitrogen and oxygen atoms in total. The number of nitrogens with zero attached hydrogens (tertiary/aromatic N) is 1. The van der Waals surface area contributed by atoms with Gasteiger partial charge in [-0.1, -0.05) is 179 Å². The van der Waals surface area contributed by atoms with Gasteiger partial charge in [0.2, 0.25) is 0 Å². The summed E-state index contributed by atoms with van der Waals surface area (Å²) in [4.78, 5) is 22.9. The van der Waals surface area contributed by atoms with Crippen LogP contribution in [0.4, 0.5) is 0 Å². The normalized spacial score (nSPS) is 13.9. The monoisotopic (exact) mass is 801 g/mol. The predicted octanol–water partition coefficient (Wildman–Crippen LogP) is 13.6. The Bertz CT molecular complexity index is 936. The summed E-state index contributed by atoms with van der Waals surface area (Å²) in [6, 6.07) is 0. The first kappa shape index (κ1) is 54.0. The van der Waals surface area contributed by atoms with Crippen molar-refractivity contribution < 1.29 is 37.3 Å². The van der Waals surface area contributed by atoms with Gasteiger partial charge in [0.15, 0.2) is 0 Å². The lowest BCUT2D eigenvalue weighted by molar-refractivity contribution is -0.870. The number of quaternary nitrogens is 1. The van der Waals surface area contributed by atoms with Gasteiger partial charge in [-0.3, -0.25) is 13.8 Å². The van der Waals surface area contributed by atoms with Gasteiger partial charge < -0.3 is 18.9 Å². The Balaban J connectivity index is 4.19. The van der Waals surface area contributed by atoms with Crippen molar-refractivity contribution in [1.29, 1.82) is 0 Å². The average Bonchev–Trinajstić information content (AvgIpc) is 3.13. The zero-order valence-corrected chi connectivity index (χ0v) is 37.8. The molecule has 0 rings (SSSR count). The van der Waals surface area contributed by atoms with Crippen molar-refractivity contribution in [3.63, 3.8) is 0 Å². The van der Waals surface area contributed by atoms with Gasteiger partial charge in [0.05, 0.1) is 34.4 Å². The van der Waals surface area contributed by atoms with Crippen LogP contribution in [0.5, 0.6) is 0 Å². The third kappa shape index (κ3) is 43.9. The fraction of sp³-hybridized carbons (Fsp3) is 0.891. The van der Waals surface area contributed by atoms with Gasteiger partial charge in [0.25, 0.3) is 0 Å². The topological polar surface area (TPSA) is 91.3 Å². The van der Waals surface area contributed by atoms with Crippen LogP contribution < -0.4 is 0 Å². The molecule has 326 valence electrons. The highest BCUT2D eigenvalue weighted by Gasteiger charge is 2.26. The molecule has 2 unspecified atom stereocenters. The van der Waals surface area contributed by atoms with Gasteiger partial charge in [-0.15, -0.1) is 0 Å². The predicted molar refractivity (Wildman–Crippen MR) is 233 cm³/mol. The molecule has 0 saturated carbocycles. The molecule has 55 heavy (non-hydrogen) atoms. The van der Waals surface area contributed by atoms with Crippen molar-refractivity contribution in [2.24, 2.45) is 0 Å². The fourth-order valence-corrected chi connectivity index (χ4v) is 7.15. The highest BCUT2D eigenvalue weighted by molar-refractivity contribution is 7.47. The number of hydrogen-bond acceptors (Lipinski definition) is 6. The molecule has 0 amide bonds. The molecule has 0 saturated heterocycles. The van der Waals surface area contributed by atoms with E-state index in [4.69, 9.17) is 18.5 Å². The average molecular weight is 801 g/mol. The van der Waals surface area contributed by atoms with Crippen LogP contribution in [0, 0.1) is 0 Å². The molecule has 0 aliphatic carbocycles. The zero-order chi connectivity index (χ0) is 40.6. The number of carbonyl (C=O) groups is 1. The zero-order valence-electron chi connectivity index (χ0n) is 36.9. The third-order valence-corrected chi connectivity index (χ3v) is 11.0. The first-order valence-electron chi connectivity index (χ1n) is 23.1. The molecule has 9 heteroatoms. The Kier molecular flexibility index (Phi) is 39.1. The smallest absolute Gasteiger partial charge is 0.457 e. The number of hydrogen-bond donors (Lipinski definition) is 1. The number of rotatable bonds is 43. The molecule has 0 bridgehead atoms. The maximum atomic E-state index is 12.7. The summed E-state index contributed by atoms with van der Waals surface area (Å²) >= 11 is 0. The van der Waals surface area contributed by atoms with Crippen molar-refractivity contribution in [1.82, 2.24) is 0 Å². The van der Waals surface area contributed by atoms with Gasteiger partial charge in [0, 0.05) is 13.0 Å². The first-order valence-corrected chi connectivity index (χ1v) is 24.6. The molecule has 0 radical (unpaired) electrons. The summed E-state index contributed by atoms with van der Waals surface area (Å²) in [6.45, 7) is 5.62. The standard InChI is InChI=1S/C46H90NO7P/c1-6-8-10-12-14-16-18-20-22-23-24-26-28-30-32-34-36-38-41-51-43-45(44-53-55(49,50)52-42-40-47(3,4)5)54-46(48)39-37-35-33-31-29-27-25-21-19-17-15-13-11-9-7-2/h14,16,20,22,45H,6-13,15,17-19,21,23-44H2,1-5H3/p+1/b16-14-,22-20-. The number of phosphoric ester groups is 1. The molecule has 2 atom stereocenters. The lowest BCUT2D eigenvalue weighted by atomic mass is 10.0. The van der Waals surface area contributed by atoms with Gasteiger partial charge in [0.1, 0.15) is 19.3 Å². The Morgan fingerprint density at radius 1 is 0.564 bits per heavy atom. The van der Waals surface area contributed by atoms with Crippen LogP contribution in [0.15, 0.2) is 24.3 Å². The number of allylic oxidation sites excluding steroid dienone is 4. The Labute approximate surface area is 341 Å². The van der Waals surface area contributed by atoms with Crippen LogP contribution in [0.3, 0.4) is 0 Å². The summed E-state index contributed by atoms with van der Waals surface area (Å²) in [7, 11) is 1.67. The van der Waals surface area contributed by atoms with E-state index in [1.165, 1.54) is 148 Å². The van der Waals surface area contributed by atoms with Crippen molar-refractivity contribution in [3.8, 4) is 0 Å². The molecule has 0 fully saturated rings. The van der Waals surface area contributed by atoms with Crippen molar-refractivity contribution in [2.75, 3.05) is 54.1 Å². The Hall–Kier alpha value is -1.02. The Morgan fingerprint density at radius 3 is 1.51 bits per heavy atom. The first-order chi connectivity index (χ1) is 26.6. The van der Waals surface area contributed by atoms with Gasteiger partial charge in [-0.25, -0.2) is 4.57 Å². The van der Waals surface area contributed by atoms with E-state index in [0.29, 0.717) is 24.1 Å². The maximum absolute atomic E-state index is 12.7. The Morgan fingerprint density at radius 2 is 1.00 bits per heavy atom. The van der Waals surface area contributed by atoms with Crippen LogP contribution in [-0.4, -0.2) is 75.6 Å². The molecule has 0 aliphatic rings. The third-order valence-electron chi connectivity index (χ3n) is 10.0. The summed E-state index contributed by atoms with van der Waals surface area (Å²) in [5, 5.41) is 0. The highest BCUT2D eigenvalue weighted by Crippen LogP contribution is 2.43. The van der Waals surface area contributed by atoms with Crippen LogP contribution in [0.25, 0.3) is 0 Å². The molecule has 0 spiro atoms. The van der Waals surface area contributed by atoms with E-state index in [1.807, 2.05) is 21.1 Å². The summed E-state index contributed by atoms with van der Waals surface area (Å²) < 4.78 is 35.0. The molecular weight excluding hydrogens is 709 g/mol. The van der Waals surface area contributed by atoms with E-state index in [1.54, 1.807) is 0 Å². The second-order valence-corrected chi connectivity index (χ2v) is 18.2. The minimum atomic E-state index is -4.27. The molecule has 0 heterocycles. The lowest BCUT2D eigenvalue weighted by Crippen LogP contribution is -2.37. The number of phosphoric acid groups is 1. The number of likely N-dealkylation sites (N-methyl/N-ethyl adjacent to an activating group) is 1. The minimum absolute atomic E-state index is 0.0894. The molecule has 0 aliphatic heterocycles. The van der Waals surface area contributed by atoms with E-state index >= 15 is 0 Å². The van der Waals surface area contributed by atoms with E-state index in [2.05, 4.69) is 38.2 Å². The second-order valence-electron chi connectivity index (χ2n) is 16.8. The van der Waals surface area contributed by atoms with E-state index in [0.717, 1.165) is 38.5 Å². The van der Waals surface area contributed by atoms with Gasteiger partial charge >= 0.3 is 13.8 Å². The lowest BCUT2D eigenvalue weighted by Gasteiger charge is -2.24. The van der Waals surface area contributed by atoms with Crippen molar-refractivity contribution in [3.05, 3.63) is 24.3 Å². The summed E-state index contributed by atoms with van der Waals surface area (Å²) in [5.41, 5.74) is 0. The number of unbranched alkanes of at least 4 members (excludes halogenated alkanes) is 25. The van der Waals surface area contributed by atoms with Crippen molar-refractivity contribution in [2.45, 2.75) is 213 Å². The molecule has 1 N–H and O–H groups in total. The van der Waals surface area contributed by atoms with Crippen LogP contribution in [0.1, 0.15) is 206 Å². The summed E-state index contributed by atoms with van der Waals surface area (Å²) in [5.74, 6) is -0.313. The molecule has 0 aromatic carbocycles. The largest absolute Gasteiger partial charge is 0.472 e.